The maximum atomic E-state index is 13.0. The number of thiophene rings is 1. The van der Waals surface area contributed by atoms with Gasteiger partial charge in [-0.2, -0.15) is 4.98 Å². The van der Waals surface area contributed by atoms with E-state index in [4.69, 9.17) is 14.7 Å². The smallest absolute Gasteiger partial charge is 0.229 e. The molecule has 0 unspecified atom stereocenters. The molecular weight excluding hydrogens is 456 g/mol. The zero-order valence-electron chi connectivity index (χ0n) is 20.0. The molecule has 0 bridgehead atoms. The van der Waals surface area contributed by atoms with Crippen molar-refractivity contribution in [1.82, 2.24) is 14.9 Å². The first-order valence-corrected chi connectivity index (χ1v) is 12.6. The van der Waals surface area contributed by atoms with Crippen LogP contribution in [0.4, 0.5) is 5.95 Å². The van der Waals surface area contributed by atoms with Crippen molar-refractivity contribution in [3.8, 4) is 11.6 Å². The number of hydrogen-bond donors (Lipinski definition) is 0. The lowest BCUT2D eigenvalue weighted by molar-refractivity contribution is -0.131. The molecule has 0 saturated heterocycles. The summed E-state index contributed by atoms with van der Waals surface area (Å²) in [5, 5.41) is 2.00. The summed E-state index contributed by atoms with van der Waals surface area (Å²) in [5.41, 5.74) is 4.12. The molecule has 1 aliphatic rings. The zero-order valence-corrected chi connectivity index (χ0v) is 20.8. The van der Waals surface area contributed by atoms with Crippen LogP contribution in [0.5, 0.6) is 11.6 Å². The molecule has 2 aromatic carbocycles. The summed E-state index contributed by atoms with van der Waals surface area (Å²) in [6, 6.07) is 22.2. The molecular formula is C28H28N4O2S. The van der Waals surface area contributed by atoms with Crippen molar-refractivity contribution in [2.24, 2.45) is 0 Å². The number of hydrogen-bond acceptors (Lipinski definition) is 6. The third kappa shape index (κ3) is 5.52. The molecule has 1 aliphatic heterocycles. The Labute approximate surface area is 209 Å². The van der Waals surface area contributed by atoms with E-state index in [1.807, 2.05) is 83.7 Å². The van der Waals surface area contributed by atoms with E-state index in [1.54, 1.807) is 11.3 Å². The van der Waals surface area contributed by atoms with Crippen LogP contribution in [-0.4, -0.2) is 34.4 Å². The van der Waals surface area contributed by atoms with Crippen LogP contribution in [0.3, 0.4) is 0 Å². The topological polar surface area (TPSA) is 58.6 Å². The monoisotopic (exact) mass is 484 g/mol. The fraction of sp³-hybridized carbons (Fsp3) is 0.250. The van der Waals surface area contributed by atoms with Crippen molar-refractivity contribution in [3.63, 3.8) is 0 Å². The molecule has 178 valence electrons. The molecule has 5 rings (SSSR count). The second-order valence-corrected chi connectivity index (χ2v) is 9.87. The summed E-state index contributed by atoms with van der Waals surface area (Å²) in [4.78, 5) is 27.7. The standard InChI is InChI=1S/C28H28N4O2S/c1-20-8-6-11-22(16-20)34-27-24-19-32(26(33)17-23-12-7-15-35-23)14-13-25(24)29-28(30-27)31(2)18-21-9-4-3-5-10-21/h3-12,15-16H,13-14,17-19H2,1-2H3. The zero-order chi connectivity index (χ0) is 24.2. The lowest BCUT2D eigenvalue weighted by Crippen LogP contribution is -2.37. The Morgan fingerprint density at radius 2 is 1.94 bits per heavy atom. The molecule has 7 heteroatoms. The van der Waals surface area contributed by atoms with E-state index in [9.17, 15) is 4.79 Å². The van der Waals surface area contributed by atoms with Crippen LogP contribution in [0.25, 0.3) is 0 Å². The number of ether oxygens (including phenoxy) is 1. The number of aromatic nitrogens is 2. The largest absolute Gasteiger partial charge is 0.438 e. The average molecular weight is 485 g/mol. The minimum Gasteiger partial charge on any atom is -0.438 e. The summed E-state index contributed by atoms with van der Waals surface area (Å²) in [7, 11) is 1.99. The third-order valence-corrected chi connectivity index (χ3v) is 6.95. The second-order valence-electron chi connectivity index (χ2n) is 8.84. The highest BCUT2D eigenvalue weighted by atomic mass is 32.1. The molecule has 0 atom stereocenters. The van der Waals surface area contributed by atoms with Crippen molar-refractivity contribution < 1.29 is 9.53 Å². The van der Waals surface area contributed by atoms with Crippen LogP contribution in [0.2, 0.25) is 0 Å². The average Bonchev–Trinajstić information content (AvgIpc) is 3.37. The normalized spacial score (nSPS) is 12.8. The van der Waals surface area contributed by atoms with Crippen molar-refractivity contribution in [1.29, 1.82) is 0 Å². The summed E-state index contributed by atoms with van der Waals surface area (Å²) < 4.78 is 6.32. The Bertz CT molecular complexity index is 1310. The summed E-state index contributed by atoms with van der Waals surface area (Å²) in [6.45, 7) is 3.81. The van der Waals surface area contributed by atoms with Gasteiger partial charge in [-0.1, -0.05) is 48.5 Å². The number of rotatable bonds is 7. The van der Waals surface area contributed by atoms with Gasteiger partial charge in [0, 0.05) is 31.4 Å². The molecule has 0 radical (unpaired) electrons. The molecule has 0 N–H and O–H groups in total. The number of carbonyl (C=O) groups is 1. The number of nitrogens with zero attached hydrogens (tertiary/aromatic N) is 4. The van der Waals surface area contributed by atoms with Crippen LogP contribution < -0.4 is 9.64 Å². The minimum atomic E-state index is 0.116. The van der Waals surface area contributed by atoms with Crippen LogP contribution in [-0.2, 0) is 30.7 Å². The maximum absolute atomic E-state index is 13.0. The molecule has 2 aromatic heterocycles. The van der Waals surface area contributed by atoms with E-state index in [-0.39, 0.29) is 5.91 Å². The highest BCUT2D eigenvalue weighted by Crippen LogP contribution is 2.32. The number of aryl methyl sites for hydroxylation is 1. The molecule has 0 spiro atoms. The first-order valence-electron chi connectivity index (χ1n) is 11.7. The lowest BCUT2D eigenvalue weighted by Gasteiger charge is -2.30. The Kier molecular flexibility index (Phi) is 6.77. The first kappa shape index (κ1) is 23.1. The van der Waals surface area contributed by atoms with E-state index >= 15 is 0 Å². The molecule has 0 aliphatic carbocycles. The van der Waals surface area contributed by atoms with E-state index in [1.165, 1.54) is 5.56 Å². The molecule has 0 fully saturated rings. The first-order chi connectivity index (χ1) is 17.0. The number of carbonyl (C=O) groups excluding carboxylic acids is 1. The molecule has 1 amide bonds. The van der Waals surface area contributed by atoms with Gasteiger partial charge in [0.25, 0.3) is 0 Å². The molecule has 3 heterocycles. The fourth-order valence-corrected chi connectivity index (χ4v) is 4.93. The van der Waals surface area contributed by atoms with Gasteiger partial charge in [-0.05, 0) is 41.6 Å². The van der Waals surface area contributed by atoms with Gasteiger partial charge in [-0.15, -0.1) is 11.3 Å². The Hall–Kier alpha value is -3.71. The minimum absolute atomic E-state index is 0.116. The molecule has 4 aromatic rings. The van der Waals surface area contributed by atoms with Gasteiger partial charge >= 0.3 is 0 Å². The Morgan fingerprint density at radius 1 is 1.09 bits per heavy atom. The van der Waals surface area contributed by atoms with Gasteiger partial charge < -0.3 is 14.5 Å². The molecule has 35 heavy (non-hydrogen) atoms. The highest BCUT2D eigenvalue weighted by Gasteiger charge is 2.27. The molecule has 0 saturated carbocycles. The van der Waals surface area contributed by atoms with Crippen molar-refractivity contribution in [2.75, 3.05) is 18.5 Å². The highest BCUT2D eigenvalue weighted by molar-refractivity contribution is 7.10. The van der Waals surface area contributed by atoms with Crippen LogP contribution >= 0.6 is 11.3 Å². The summed E-state index contributed by atoms with van der Waals surface area (Å²) >= 11 is 1.61. The predicted octanol–water partition coefficient (Wildman–Crippen LogP) is 5.40. The second kappa shape index (κ2) is 10.3. The van der Waals surface area contributed by atoms with Gasteiger partial charge in [0.2, 0.25) is 17.7 Å². The van der Waals surface area contributed by atoms with E-state index in [0.29, 0.717) is 44.3 Å². The predicted molar refractivity (Wildman–Crippen MR) is 139 cm³/mol. The Morgan fingerprint density at radius 3 is 2.71 bits per heavy atom. The number of fused-ring (bicyclic) bond motifs is 1. The van der Waals surface area contributed by atoms with Gasteiger partial charge in [0.15, 0.2) is 0 Å². The summed E-state index contributed by atoms with van der Waals surface area (Å²) in [6.07, 6.45) is 1.09. The van der Waals surface area contributed by atoms with Crippen LogP contribution in [0.1, 0.15) is 27.3 Å². The van der Waals surface area contributed by atoms with Crippen molar-refractivity contribution in [3.05, 3.63) is 99.4 Å². The van der Waals surface area contributed by atoms with Crippen molar-refractivity contribution in [2.45, 2.75) is 32.9 Å². The number of amides is 1. The third-order valence-electron chi connectivity index (χ3n) is 6.08. The van der Waals surface area contributed by atoms with Gasteiger partial charge in [0.05, 0.1) is 24.2 Å². The quantitative estimate of drug-likeness (QED) is 0.351. The lowest BCUT2D eigenvalue weighted by atomic mass is 10.1. The number of benzene rings is 2. The maximum Gasteiger partial charge on any atom is 0.229 e. The van der Waals surface area contributed by atoms with E-state index < -0.39 is 0 Å². The number of anilines is 1. The molecule has 6 nitrogen and oxygen atoms in total. The van der Waals surface area contributed by atoms with E-state index in [2.05, 4.69) is 12.1 Å². The van der Waals surface area contributed by atoms with Crippen LogP contribution in [0.15, 0.2) is 72.1 Å². The summed E-state index contributed by atoms with van der Waals surface area (Å²) in [5.74, 6) is 1.98. The Balaban J connectivity index is 1.44. The van der Waals surface area contributed by atoms with Gasteiger partial charge in [-0.25, -0.2) is 4.98 Å². The SMILES string of the molecule is Cc1cccc(Oc2nc(N(C)Cc3ccccc3)nc3c2CN(C(=O)Cc2cccs2)CC3)c1. The van der Waals surface area contributed by atoms with E-state index in [0.717, 1.165) is 27.4 Å². The fourth-order valence-electron chi connectivity index (χ4n) is 4.23. The van der Waals surface area contributed by atoms with Crippen LogP contribution in [0, 0.1) is 6.92 Å². The van der Waals surface area contributed by atoms with Gasteiger partial charge in [0.1, 0.15) is 5.75 Å². The van der Waals surface area contributed by atoms with Crippen molar-refractivity contribution >= 4 is 23.2 Å². The van der Waals surface area contributed by atoms with Gasteiger partial charge in [-0.3, -0.25) is 4.79 Å².